The van der Waals surface area contributed by atoms with Crippen LogP contribution >= 0.6 is 0 Å². The molecule has 0 radical (unpaired) electrons. The van der Waals surface area contributed by atoms with Crippen LogP contribution in [0, 0.1) is 0 Å². The third-order valence-electron chi connectivity index (χ3n) is 3.74. The minimum Gasteiger partial charge on any atom is -0.497 e. The number of fused-ring (bicyclic) bond motifs is 1. The molecule has 0 saturated carbocycles. The zero-order valence-electron chi connectivity index (χ0n) is 13.5. The van der Waals surface area contributed by atoms with Crippen molar-refractivity contribution in [3.63, 3.8) is 0 Å². The molecule has 1 amide bonds. The van der Waals surface area contributed by atoms with Crippen LogP contribution < -0.4 is 10.1 Å². The van der Waals surface area contributed by atoms with E-state index in [0.29, 0.717) is 0 Å². The van der Waals surface area contributed by atoms with Gasteiger partial charge in [-0.3, -0.25) is 4.79 Å². The predicted octanol–water partition coefficient (Wildman–Crippen LogP) is 2.11. The number of hydrogen-bond donors (Lipinski definition) is 1. The van der Waals surface area contributed by atoms with Gasteiger partial charge in [0.25, 0.3) is 0 Å². The van der Waals surface area contributed by atoms with Gasteiger partial charge in [0.05, 0.1) is 18.8 Å². The van der Waals surface area contributed by atoms with E-state index in [1.54, 1.807) is 14.0 Å². The van der Waals surface area contributed by atoms with Crippen molar-refractivity contribution in [2.45, 2.75) is 12.8 Å². The minimum absolute atomic E-state index is 0.0526. The van der Waals surface area contributed by atoms with Gasteiger partial charge in [0.2, 0.25) is 5.91 Å². The van der Waals surface area contributed by atoms with Crippen LogP contribution in [0.4, 0.5) is 0 Å². The Labute approximate surface area is 136 Å². The molecule has 0 aromatic heterocycles. The molecule has 0 aliphatic heterocycles. The monoisotopic (exact) mass is 335 g/mol. The summed E-state index contributed by atoms with van der Waals surface area (Å²) >= 11 is 0. The van der Waals surface area contributed by atoms with E-state index in [0.717, 1.165) is 28.3 Å². The van der Waals surface area contributed by atoms with Crippen LogP contribution in [-0.4, -0.2) is 40.0 Å². The molecule has 124 valence electrons. The molecule has 0 aliphatic rings. The standard InChI is InChI=1S/C17H21NO4S/c1-12(17(19)18-8-9-23(3,20)21)13-4-5-15-11-16(22-2)7-6-14(15)10-13/h4-7,10-12H,8-9H2,1-3H3,(H,18,19)/t12-/m0/s1. The maximum absolute atomic E-state index is 12.1. The summed E-state index contributed by atoms with van der Waals surface area (Å²) in [5, 5.41) is 4.73. The smallest absolute Gasteiger partial charge is 0.227 e. The first-order chi connectivity index (χ1) is 10.8. The molecule has 0 fully saturated rings. The zero-order valence-corrected chi connectivity index (χ0v) is 14.3. The van der Waals surface area contributed by atoms with Gasteiger partial charge in [-0.1, -0.05) is 24.3 Å². The van der Waals surface area contributed by atoms with Crippen LogP contribution in [0.3, 0.4) is 0 Å². The molecule has 0 unspecified atom stereocenters. The molecule has 0 aliphatic carbocycles. The molecular weight excluding hydrogens is 314 g/mol. The van der Waals surface area contributed by atoms with Crippen molar-refractivity contribution >= 4 is 26.5 Å². The molecule has 5 nitrogen and oxygen atoms in total. The Morgan fingerprint density at radius 2 is 1.83 bits per heavy atom. The number of benzene rings is 2. The Balaban J connectivity index is 2.11. The first-order valence-electron chi connectivity index (χ1n) is 7.33. The molecule has 0 spiro atoms. The quantitative estimate of drug-likeness (QED) is 0.877. The zero-order chi connectivity index (χ0) is 17.0. The van der Waals surface area contributed by atoms with E-state index in [2.05, 4.69) is 5.32 Å². The first-order valence-corrected chi connectivity index (χ1v) is 9.39. The lowest BCUT2D eigenvalue weighted by Gasteiger charge is -2.13. The van der Waals surface area contributed by atoms with Gasteiger partial charge >= 0.3 is 0 Å². The average Bonchev–Trinajstić information content (AvgIpc) is 2.51. The largest absolute Gasteiger partial charge is 0.497 e. The number of sulfone groups is 1. The molecular formula is C17H21NO4S. The van der Waals surface area contributed by atoms with E-state index < -0.39 is 9.84 Å². The summed E-state index contributed by atoms with van der Waals surface area (Å²) in [6.07, 6.45) is 1.15. The number of nitrogens with one attached hydrogen (secondary N) is 1. The number of hydrogen-bond acceptors (Lipinski definition) is 4. The molecule has 0 saturated heterocycles. The minimum atomic E-state index is -3.07. The van der Waals surface area contributed by atoms with Crippen LogP contribution in [0.1, 0.15) is 18.4 Å². The van der Waals surface area contributed by atoms with E-state index >= 15 is 0 Å². The Hall–Kier alpha value is -2.08. The summed E-state index contributed by atoms with van der Waals surface area (Å²) < 4.78 is 27.4. The SMILES string of the molecule is COc1ccc2cc([C@H](C)C(=O)NCCS(C)(=O)=O)ccc2c1. The number of rotatable bonds is 6. The number of carbonyl (C=O) groups is 1. The molecule has 0 bridgehead atoms. The van der Waals surface area contributed by atoms with E-state index in [4.69, 9.17) is 4.74 Å². The Bertz CT molecular complexity index is 814. The second-order valence-electron chi connectivity index (χ2n) is 5.62. The molecule has 23 heavy (non-hydrogen) atoms. The highest BCUT2D eigenvalue weighted by atomic mass is 32.2. The maximum Gasteiger partial charge on any atom is 0.227 e. The number of amides is 1. The van der Waals surface area contributed by atoms with E-state index in [-0.39, 0.29) is 24.1 Å². The van der Waals surface area contributed by atoms with Gasteiger partial charge in [-0.25, -0.2) is 8.42 Å². The van der Waals surface area contributed by atoms with Gasteiger partial charge in [0, 0.05) is 12.8 Å². The number of methoxy groups -OCH3 is 1. The lowest BCUT2D eigenvalue weighted by Crippen LogP contribution is -2.32. The van der Waals surface area contributed by atoms with Crippen molar-refractivity contribution in [1.29, 1.82) is 0 Å². The summed E-state index contributed by atoms with van der Waals surface area (Å²) in [4.78, 5) is 12.1. The number of ether oxygens (including phenoxy) is 1. The fraction of sp³-hybridized carbons (Fsp3) is 0.353. The third-order valence-corrected chi connectivity index (χ3v) is 4.68. The van der Waals surface area contributed by atoms with E-state index in [1.807, 2.05) is 36.4 Å². The molecule has 2 aromatic carbocycles. The van der Waals surface area contributed by atoms with Crippen molar-refractivity contribution in [2.24, 2.45) is 0 Å². The highest BCUT2D eigenvalue weighted by molar-refractivity contribution is 7.90. The van der Waals surface area contributed by atoms with Crippen molar-refractivity contribution in [3.8, 4) is 5.75 Å². The second kappa shape index (κ2) is 7.00. The van der Waals surface area contributed by atoms with Gasteiger partial charge in [-0.15, -0.1) is 0 Å². The number of carbonyl (C=O) groups excluding carboxylic acids is 1. The summed E-state index contributed by atoms with van der Waals surface area (Å²) in [5.74, 6) is 0.211. The second-order valence-corrected chi connectivity index (χ2v) is 7.87. The van der Waals surface area contributed by atoms with Crippen molar-refractivity contribution in [1.82, 2.24) is 5.32 Å². The van der Waals surface area contributed by atoms with Gasteiger partial charge in [-0.05, 0) is 35.4 Å². The molecule has 2 rings (SSSR count). The highest BCUT2D eigenvalue weighted by Crippen LogP contribution is 2.25. The normalized spacial score (nSPS) is 12.8. The first kappa shape index (κ1) is 17.3. The Kier molecular flexibility index (Phi) is 5.26. The molecule has 1 N–H and O–H groups in total. The lowest BCUT2D eigenvalue weighted by molar-refractivity contribution is -0.122. The fourth-order valence-electron chi connectivity index (χ4n) is 2.30. The van der Waals surface area contributed by atoms with E-state index in [9.17, 15) is 13.2 Å². The third kappa shape index (κ3) is 4.69. The van der Waals surface area contributed by atoms with Crippen molar-refractivity contribution in [2.75, 3.05) is 25.7 Å². The van der Waals surface area contributed by atoms with Crippen molar-refractivity contribution < 1.29 is 17.9 Å². The summed E-state index contributed by atoms with van der Waals surface area (Å²) in [6, 6.07) is 11.6. The lowest BCUT2D eigenvalue weighted by atomic mass is 9.97. The Morgan fingerprint density at radius 3 is 2.48 bits per heavy atom. The van der Waals surface area contributed by atoms with E-state index in [1.165, 1.54) is 0 Å². The molecule has 6 heteroatoms. The van der Waals surface area contributed by atoms with Gasteiger partial charge in [0.1, 0.15) is 15.6 Å². The maximum atomic E-state index is 12.1. The van der Waals surface area contributed by atoms with Crippen LogP contribution in [0.5, 0.6) is 5.75 Å². The molecule has 2 aromatic rings. The predicted molar refractivity (Wildman–Crippen MR) is 91.6 cm³/mol. The molecule has 0 heterocycles. The Morgan fingerprint density at radius 1 is 1.17 bits per heavy atom. The molecule has 1 atom stereocenters. The van der Waals surface area contributed by atoms with Crippen LogP contribution in [0.15, 0.2) is 36.4 Å². The van der Waals surface area contributed by atoms with Crippen LogP contribution in [0.25, 0.3) is 10.8 Å². The fourth-order valence-corrected chi connectivity index (χ4v) is 2.78. The topological polar surface area (TPSA) is 72.5 Å². The average molecular weight is 335 g/mol. The van der Waals surface area contributed by atoms with Crippen molar-refractivity contribution in [3.05, 3.63) is 42.0 Å². The summed E-state index contributed by atoms with van der Waals surface area (Å²) in [7, 11) is -1.45. The van der Waals surface area contributed by atoms with Gasteiger partial charge in [0.15, 0.2) is 0 Å². The van der Waals surface area contributed by atoms with Crippen LogP contribution in [-0.2, 0) is 14.6 Å². The summed E-state index contributed by atoms with van der Waals surface area (Å²) in [5.41, 5.74) is 0.888. The summed E-state index contributed by atoms with van der Waals surface area (Å²) in [6.45, 7) is 1.94. The van der Waals surface area contributed by atoms with Gasteiger partial charge < -0.3 is 10.1 Å². The highest BCUT2D eigenvalue weighted by Gasteiger charge is 2.16. The van der Waals surface area contributed by atoms with Gasteiger partial charge in [-0.2, -0.15) is 0 Å². The van der Waals surface area contributed by atoms with Crippen LogP contribution in [0.2, 0.25) is 0 Å².